The van der Waals surface area contributed by atoms with Crippen LogP contribution < -0.4 is 5.73 Å². The van der Waals surface area contributed by atoms with Crippen LogP contribution in [0.4, 0.5) is 0 Å². The summed E-state index contributed by atoms with van der Waals surface area (Å²) >= 11 is 0. The number of imidazole rings is 1. The van der Waals surface area contributed by atoms with Crippen molar-refractivity contribution in [2.75, 3.05) is 0 Å². The lowest BCUT2D eigenvalue weighted by atomic mass is 10.3. The summed E-state index contributed by atoms with van der Waals surface area (Å²) in [6.45, 7) is 2.09. The molecule has 0 atom stereocenters. The summed E-state index contributed by atoms with van der Waals surface area (Å²) in [5.41, 5.74) is 5.75. The van der Waals surface area contributed by atoms with Crippen LogP contribution in [0.1, 0.15) is 24.9 Å². The minimum Gasteiger partial charge on any atom is -0.409 e. The number of nitrogens with two attached hydrogens (primary N) is 1. The molecular formula is C11H14N6O. The molecule has 0 aromatic carbocycles. The van der Waals surface area contributed by atoms with Gasteiger partial charge in [0.2, 0.25) is 0 Å². The lowest BCUT2D eigenvalue weighted by Gasteiger charge is -2.06. The predicted octanol–water partition coefficient (Wildman–Crippen LogP) is 0.709. The summed E-state index contributed by atoms with van der Waals surface area (Å²) in [7, 11) is 0. The van der Waals surface area contributed by atoms with Gasteiger partial charge in [0, 0.05) is 18.8 Å². The van der Waals surface area contributed by atoms with Gasteiger partial charge in [0.15, 0.2) is 11.7 Å². The largest absolute Gasteiger partial charge is 0.409 e. The highest BCUT2D eigenvalue weighted by molar-refractivity contribution is 5.94. The molecule has 0 bridgehead atoms. The van der Waals surface area contributed by atoms with E-state index in [2.05, 4.69) is 27.0 Å². The lowest BCUT2D eigenvalue weighted by Crippen LogP contribution is -2.16. The molecule has 2 rings (SSSR count). The maximum Gasteiger partial charge on any atom is 0.190 e. The van der Waals surface area contributed by atoms with Crippen molar-refractivity contribution in [1.29, 1.82) is 0 Å². The van der Waals surface area contributed by atoms with E-state index in [1.807, 2.05) is 10.8 Å². The molecule has 0 aliphatic heterocycles. The van der Waals surface area contributed by atoms with Crippen molar-refractivity contribution < 1.29 is 5.21 Å². The van der Waals surface area contributed by atoms with E-state index >= 15 is 0 Å². The van der Waals surface area contributed by atoms with Crippen LogP contribution in [-0.2, 0) is 6.42 Å². The smallest absolute Gasteiger partial charge is 0.190 e. The summed E-state index contributed by atoms with van der Waals surface area (Å²) in [5.74, 6) is 1.53. The molecule has 3 N–H and O–H groups in total. The average molecular weight is 246 g/mol. The molecule has 0 saturated heterocycles. The Morgan fingerprint density at radius 1 is 1.39 bits per heavy atom. The number of hydrogen-bond donors (Lipinski definition) is 2. The van der Waals surface area contributed by atoms with Crippen LogP contribution in [0.2, 0.25) is 0 Å². The van der Waals surface area contributed by atoms with Crippen LogP contribution in [0, 0.1) is 0 Å². The molecule has 0 amide bonds. The SMILES string of the molecule is CCCc1nccn1-c1cnc(C(N)=NO)cn1. The summed E-state index contributed by atoms with van der Waals surface area (Å²) in [6, 6.07) is 0. The molecule has 94 valence electrons. The van der Waals surface area contributed by atoms with Gasteiger partial charge in [-0.1, -0.05) is 12.1 Å². The minimum atomic E-state index is -0.0616. The molecule has 7 heteroatoms. The zero-order valence-corrected chi connectivity index (χ0v) is 9.98. The maximum absolute atomic E-state index is 8.54. The van der Waals surface area contributed by atoms with Gasteiger partial charge in [0.1, 0.15) is 11.5 Å². The summed E-state index contributed by atoms with van der Waals surface area (Å²) in [6.07, 6.45) is 8.46. The first-order chi connectivity index (χ1) is 8.76. The van der Waals surface area contributed by atoms with Gasteiger partial charge in [-0.25, -0.2) is 15.0 Å². The summed E-state index contributed by atoms with van der Waals surface area (Å²) in [5, 5.41) is 11.4. The van der Waals surface area contributed by atoms with E-state index in [9.17, 15) is 0 Å². The fourth-order valence-electron chi connectivity index (χ4n) is 1.58. The van der Waals surface area contributed by atoms with Crippen molar-refractivity contribution >= 4 is 5.84 Å². The summed E-state index contributed by atoms with van der Waals surface area (Å²) < 4.78 is 1.87. The topological polar surface area (TPSA) is 102 Å². The second-order valence-corrected chi connectivity index (χ2v) is 3.71. The molecule has 2 aromatic rings. The van der Waals surface area contributed by atoms with Gasteiger partial charge in [-0.2, -0.15) is 0 Å². The number of nitrogens with zero attached hydrogens (tertiary/aromatic N) is 5. The highest BCUT2D eigenvalue weighted by Gasteiger charge is 2.07. The molecule has 18 heavy (non-hydrogen) atoms. The first-order valence-corrected chi connectivity index (χ1v) is 5.58. The van der Waals surface area contributed by atoms with Gasteiger partial charge in [0.05, 0.1) is 12.4 Å². The van der Waals surface area contributed by atoms with E-state index in [4.69, 9.17) is 10.9 Å². The van der Waals surface area contributed by atoms with E-state index in [1.54, 1.807) is 12.4 Å². The van der Waals surface area contributed by atoms with Gasteiger partial charge < -0.3 is 10.9 Å². The van der Waals surface area contributed by atoms with Crippen molar-refractivity contribution in [3.05, 3.63) is 36.3 Å². The number of oxime groups is 1. The normalized spacial score (nSPS) is 11.7. The number of amidine groups is 1. The van der Waals surface area contributed by atoms with Gasteiger partial charge >= 0.3 is 0 Å². The van der Waals surface area contributed by atoms with Crippen molar-refractivity contribution in [3.63, 3.8) is 0 Å². The molecule has 2 heterocycles. The molecule has 7 nitrogen and oxygen atoms in total. The Morgan fingerprint density at radius 2 is 2.22 bits per heavy atom. The first kappa shape index (κ1) is 12.0. The molecule has 0 saturated carbocycles. The maximum atomic E-state index is 8.54. The third kappa shape index (κ3) is 2.29. The zero-order valence-electron chi connectivity index (χ0n) is 9.98. The van der Waals surface area contributed by atoms with Gasteiger partial charge in [-0.3, -0.25) is 4.57 Å². The molecule has 0 aliphatic rings. The summed E-state index contributed by atoms with van der Waals surface area (Å²) in [4.78, 5) is 12.6. The molecular weight excluding hydrogens is 232 g/mol. The molecule has 0 aliphatic carbocycles. The Kier molecular flexibility index (Phi) is 3.52. The fourth-order valence-corrected chi connectivity index (χ4v) is 1.58. The Bertz CT molecular complexity index is 545. The predicted molar refractivity (Wildman–Crippen MR) is 65.7 cm³/mol. The van der Waals surface area contributed by atoms with E-state index in [1.165, 1.54) is 6.20 Å². The van der Waals surface area contributed by atoms with Crippen LogP contribution in [-0.4, -0.2) is 30.6 Å². The monoisotopic (exact) mass is 246 g/mol. The van der Waals surface area contributed by atoms with Crippen molar-refractivity contribution in [2.24, 2.45) is 10.9 Å². The Balaban J connectivity index is 2.31. The zero-order chi connectivity index (χ0) is 13.0. The molecule has 0 unspecified atom stereocenters. The Morgan fingerprint density at radius 3 is 2.83 bits per heavy atom. The van der Waals surface area contributed by atoms with E-state index in [-0.39, 0.29) is 5.84 Å². The molecule has 0 fully saturated rings. The quantitative estimate of drug-likeness (QED) is 0.358. The second-order valence-electron chi connectivity index (χ2n) is 3.71. The van der Waals surface area contributed by atoms with Crippen LogP contribution in [0.15, 0.2) is 29.9 Å². The van der Waals surface area contributed by atoms with E-state index in [0.717, 1.165) is 18.7 Å². The fraction of sp³-hybridized carbons (Fsp3) is 0.273. The Hall–Kier alpha value is -2.44. The van der Waals surface area contributed by atoms with Gasteiger partial charge in [0.25, 0.3) is 0 Å². The number of aryl methyl sites for hydroxylation is 1. The van der Waals surface area contributed by atoms with E-state index < -0.39 is 0 Å². The van der Waals surface area contributed by atoms with Crippen LogP contribution >= 0.6 is 0 Å². The molecule has 0 radical (unpaired) electrons. The van der Waals surface area contributed by atoms with Gasteiger partial charge in [-0.05, 0) is 6.42 Å². The third-order valence-electron chi connectivity index (χ3n) is 2.45. The van der Waals surface area contributed by atoms with Crippen molar-refractivity contribution in [3.8, 4) is 5.82 Å². The van der Waals surface area contributed by atoms with Crippen LogP contribution in [0.5, 0.6) is 0 Å². The lowest BCUT2D eigenvalue weighted by molar-refractivity contribution is 0.318. The number of hydrogen-bond acceptors (Lipinski definition) is 5. The number of aromatic nitrogens is 4. The number of rotatable bonds is 4. The highest BCUT2D eigenvalue weighted by atomic mass is 16.4. The minimum absolute atomic E-state index is 0.0616. The van der Waals surface area contributed by atoms with Crippen molar-refractivity contribution in [2.45, 2.75) is 19.8 Å². The average Bonchev–Trinajstić information content (AvgIpc) is 2.87. The molecule has 2 aromatic heterocycles. The Labute approximate surface area is 104 Å². The van der Waals surface area contributed by atoms with Gasteiger partial charge in [-0.15, -0.1) is 0 Å². The van der Waals surface area contributed by atoms with Crippen molar-refractivity contribution in [1.82, 2.24) is 19.5 Å². The third-order valence-corrected chi connectivity index (χ3v) is 2.45. The molecule has 0 spiro atoms. The van der Waals surface area contributed by atoms with E-state index in [0.29, 0.717) is 11.5 Å². The first-order valence-electron chi connectivity index (χ1n) is 5.58. The van der Waals surface area contributed by atoms with Crippen LogP contribution in [0.3, 0.4) is 0 Å². The standard InChI is InChI=1S/C11H14N6O/c1-2-3-9-13-4-5-17(9)10-7-14-8(6-15-10)11(12)16-18/h4-7,18H,2-3H2,1H3,(H2,12,16). The highest BCUT2D eigenvalue weighted by Crippen LogP contribution is 2.08. The van der Waals surface area contributed by atoms with Crippen LogP contribution in [0.25, 0.3) is 5.82 Å². The second kappa shape index (κ2) is 5.26.